The molecule has 3 rings (SSSR count). The average molecular weight is 428 g/mol. The lowest BCUT2D eigenvalue weighted by molar-refractivity contribution is -0.130. The molecule has 1 unspecified atom stereocenters. The van der Waals surface area contributed by atoms with Crippen LogP contribution in [0.15, 0.2) is 21.9 Å². The normalized spacial score (nSPS) is 18.6. The van der Waals surface area contributed by atoms with Crippen molar-refractivity contribution in [2.45, 2.75) is 38.4 Å². The zero-order chi connectivity index (χ0) is 20.5. The lowest BCUT2D eigenvalue weighted by Gasteiger charge is -2.29. The minimum absolute atomic E-state index is 0.0348. The number of rotatable bonds is 7. The van der Waals surface area contributed by atoms with Crippen molar-refractivity contribution in [3.8, 4) is 11.4 Å². The first-order valence-electron chi connectivity index (χ1n) is 9.05. The highest BCUT2D eigenvalue weighted by atomic mass is 32.2. The molecule has 0 aliphatic carbocycles. The van der Waals surface area contributed by atoms with Gasteiger partial charge in [-0.3, -0.25) is 4.79 Å². The lowest BCUT2D eigenvalue weighted by atomic mass is 10.1. The monoisotopic (exact) mass is 427 g/mol. The van der Waals surface area contributed by atoms with Gasteiger partial charge in [0.05, 0.1) is 29.1 Å². The largest absolute Gasteiger partial charge is 0.469 e. The molecule has 11 heteroatoms. The Kier molecular flexibility index (Phi) is 6.04. The summed E-state index contributed by atoms with van der Waals surface area (Å²) in [5.41, 5.74) is 0.741. The first-order valence-corrected chi connectivity index (χ1v) is 11.9. The van der Waals surface area contributed by atoms with Crippen molar-refractivity contribution in [2.75, 3.05) is 29.6 Å². The Morgan fingerprint density at radius 3 is 2.79 bits per heavy atom. The van der Waals surface area contributed by atoms with Gasteiger partial charge in [-0.15, -0.1) is 10.2 Å². The van der Waals surface area contributed by atoms with Gasteiger partial charge in [-0.2, -0.15) is 0 Å². The molecule has 2 aromatic rings. The molecule has 1 saturated heterocycles. The standard InChI is InChI=1S/C17H25N5O4S2/c1-11(2)8-21(13-5-7-28(24,25)10-13)15(23)9-27-17-20-19-16(22(17)18)14-4-6-26-12(14)3/h4,6,11,13H,5,7-10,18H2,1-3H3. The number of sulfone groups is 1. The van der Waals surface area contributed by atoms with E-state index in [1.165, 1.54) is 16.4 Å². The van der Waals surface area contributed by atoms with Crippen molar-refractivity contribution in [2.24, 2.45) is 5.92 Å². The summed E-state index contributed by atoms with van der Waals surface area (Å²) in [5.74, 6) is 7.63. The van der Waals surface area contributed by atoms with Crippen molar-refractivity contribution in [3.05, 3.63) is 18.1 Å². The van der Waals surface area contributed by atoms with Crippen LogP contribution in [0.4, 0.5) is 0 Å². The molecule has 28 heavy (non-hydrogen) atoms. The molecular formula is C17H25N5O4S2. The van der Waals surface area contributed by atoms with E-state index in [4.69, 9.17) is 10.3 Å². The van der Waals surface area contributed by atoms with E-state index in [1.54, 1.807) is 24.2 Å². The zero-order valence-corrected chi connectivity index (χ0v) is 17.8. The van der Waals surface area contributed by atoms with Crippen LogP contribution in [0.3, 0.4) is 0 Å². The Morgan fingerprint density at radius 2 is 2.21 bits per heavy atom. The van der Waals surface area contributed by atoms with Crippen LogP contribution in [0.1, 0.15) is 26.0 Å². The number of nitrogens with two attached hydrogens (primary N) is 1. The smallest absolute Gasteiger partial charge is 0.233 e. The Labute approximate surface area is 168 Å². The van der Waals surface area contributed by atoms with Gasteiger partial charge in [0, 0.05) is 12.6 Å². The topological polar surface area (TPSA) is 124 Å². The molecule has 9 nitrogen and oxygen atoms in total. The molecule has 1 fully saturated rings. The molecule has 1 aliphatic heterocycles. The maximum atomic E-state index is 12.8. The number of carbonyl (C=O) groups excluding carboxylic acids is 1. The minimum Gasteiger partial charge on any atom is -0.469 e. The Morgan fingerprint density at radius 1 is 1.46 bits per heavy atom. The third kappa shape index (κ3) is 4.52. The average Bonchev–Trinajstić information content (AvgIpc) is 3.29. The fourth-order valence-electron chi connectivity index (χ4n) is 3.25. The molecule has 0 saturated carbocycles. The van der Waals surface area contributed by atoms with Crippen LogP contribution >= 0.6 is 11.8 Å². The van der Waals surface area contributed by atoms with E-state index in [-0.39, 0.29) is 35.1 Å². The highest BCUT2D eigenvalue weighted by Gasteiger charge is 2.35. The Hall–Kier alpha value is -2.01. The van der Waals surface area contributed by atoms with Gasteiger partial charge in [0.25, 0.3) is 0 Å². The van der Waals surface area contributed by atoms with Gasteiger partial charge >= 0.3 is 0 Å². The number of carbonyl (C=O) groups is 1. The first-order chi connectivity index (χ1) is 13.2. The third-order valence-corrected chi connectivity index (χ3v) is 7.30. The summed E-state index contributed by atoms with van der Waals surface area (Å²) in [7, 11) is -3.07. The lowest BCUT2D eigenvalue weighted by Crippen LogP contribution is -2.44. The van der Waals surface area contributed by atoms with Gasteiger partial charge in [0.2, 0.25) is 11.1 Å². The second-order valence-corrected chi connectivity index (χ2v) is 10.5. The molecule has 1 amide bonds. The second kappa shape index (κ2) is 8.16. The summed E-state index contributed by atoms with van der Waals surface area (Å²) in [5, 5.41) is 8.57. The number of nitrogen functional groups attached to an aromatic ring is 1. The number of furan rings is 1. The number of amides is 1. The summed E-state index contributed by atoms with van der Waals surface area (Å²) in [6.45, 7) is 6.34. The molecule has 0 bridgehead atoms. The van der Waals surface area contributed by atoms with Crippen LogP contribution in [-0.4, -0.2) is 63.9 Å². The molecule has 0 radical (unpaired) electrons. The minimum atomic E-state index is -3.07. The van der Waals surface area contributed by atoms with E-state index in [0.29, 0.717) is 29.7 Å². The van der Waals surface area contributed by atoms with Gasteiger partial charge in [0.1, 0.15) is 5.76 Å². The van der Waals surface area contributed by atoms with Gasteiger partial charge in [-0.1, -0.05) is 25.6 Å². The van der Waals surface area contributed by atoms with E-state index in [1.807, 2.05) is 13.8 Å². The van der Waals surface area contributed by atoms with Crippen molar-refractivity contribution in [1.82, 2.24) is 19.8 Å². The Bertz CT molecular complexity index is 951. The summed E-state index contributed by atoms with van der Waals surface area (Å²) in [6, 6.07) is 1.49. The van der Waals surface area contributed by atoms with Gasteiger partial charge < -0.3 is 15.2 Å². The van der Waals surface area contributed by atoms with Crippen molar-refractivity contribution < 1.29 is 17.6 Å². The van der Waals surface area contributed by atoms with Crippen LogP contribution in [0.25, 0.3) is 11.4 Å². The molecule has 0 spiro atoms. The molecule has 2 aromatic heterocycles. The van der Waals surface area contributed by atoms with E-state index in [2.05, 4.69) is 10.2 Å². The summed E-state index contributed by atoms with van der Waals surface area (Å²) >= 11 is 1.19. The summed E-state index contributed by atoms with van der Waals surface area (Å²) < 4.78 is 30.3. The van der Waals surface area contributed by atoms with E-state index in [0.717, 1.165) is 5.56 Å². The number of aromatic nitrogens is 3. The molecule has 3 heterocycles. The number of hydrogen-bond donors (Lipinski definition) is 1. The van der Waals surface area contributed by atoms with Gasteiger partial charge in [-0.25, -0.2) is 13.1 Å². The van der Waals surface area contributed by atoms with Gasteiger partial charge in [0.15, 0.2) is 15.7 Å². The third-order valence-electron chi connectivity index (χ3n) is 4.62. The quantitative estimate of drug-likeness (QED) is 0.518. The van der Waals surface area contributed by atoms with Gasteiger partial charge in [-0.05, 0) is 25.3 Å². The van der Waals surface area contributed by atoms with E-state index >= 15 is 0 Å². The van der Waals surface area contributed by atoms with Crippen LogP contribution < -0.4 is 5.84 Å². The summed E-state index contributed by atoms with van der Waals surface area (Å²) in [4.78, 5) is 14.5. The predicted molar refractivity (Wildman–Crippen MR) is 107 cm³/mol. The number of hydrogen-bond acceptors (Lipinski definition) is 8. The highest BCUT2D eigenvalue weighted by molar-refractivity contribution is 7.99. The molecule has 154 valence electrons. The number of aryl methyl sites for hydroxylation is 1. The van der Waals surface area contributed by atoms with Crippen LogP contribution in [0, 0.1) is 12.8 Å². The fraction of sp³-hybridized carbons (Fsp3) is 0.588. The number of nitrogens with zero attached hydrogens (tertiary/aromatic N) is 4. The van der Waals surface area contributed by atoms with Crippen molar-refractivity contribution >= 4 is 27.5 Å². The highest BCUT2D eigenvalue weighted by Crippen LogP contribution is 2.26. The van der Waals surface area contributed by atoms with E-state index < -0.39 is 9.84 Å². The second-order valence-electron chi connectivity index (χ2n) is 7.35. The van der Waals surface area contributed by atoms with E-state index in [9.17, 15) is 13.2 Å². The molecule has 1 atom stereocenters. The SMILES string of the molecule is Cc1occc1-c1nnc(SCC(=O)N(CC(C)C)C2CCS(=O)(=O)C2)n1N. The Balaban J connectivity index is 1.69. The first kappa shape index (κ1) is 20.7. The van der Waals surface area contributed by atoms with Crippen molar-refractivity contribution in [1.29, 1.82) is 0 Å². The van der Waals surface area contributed by atoms with Crippen molar-refractivity contribution in [3.63, 3.8) is 0 Å². The molecule has 1 aliphatic rings. The summed E-state index contributed by atoms with van der Waals surface area (Å²) in [6.07, 6.45) is 2.04. The number of thioether (sulfide) groups is 1. The molecule has 2 N–H and O–H groups in total. The van der Waals surface area contributed by atoms with Crippen LogP contribution in [0.2, 0.25) is 0 Å². The predicted octanol–water partition coefficient (Wildman–Crippen LogP) is 1.32. The fourth-order valence-corrected chi connectivity index (χ4v) is 5.73. The molecule has 0 aromatic carbocycles. The zero-order valence-electron chi connectivity index (χ0n) is 16.2. The maximum Gasteiger partial charge on any atom is 0.233 e. The van der Waals surface area contributed by atoms with Crippen LogP contribution in [0.5, 0.6) is 0 Å². The van der Waals surface area contributed by atoms with Crippen LogP contribution in [-0.2, 0) is 14.6 Å². The maximum absolute atomic E-state index is 12.8. The molecular weight excluding hydrogens is 402 g/mol.